The van der Waals surface area contributed by atoms with Crippen molar-refractivity contribution in [3.8, 4) is 0 Å². The fraction of sp³-hybridized carbons (Fsp3) is 0.800. The smallest absolute Gasteiger partial charge is 0.0323 e. The Morgan fingerprint density at radius 1 is 1.40 bits per heavy atom. The molecule has 0 aliphatic heterocycles. The van der Waals surface area contributed by atoms with E-state index >= 15 is 0 Å². The molecule has 10 heavy (non-hydrogen) atoms. The lowest BCUT2D eigenvalue weighted by Crippen LogP contribution is -1.93. The predicted molar refractivity (Wildman–Crippen MR) is 48.1 cm³/mol. The summed E-state index contributed by atoms with van der Waals surface area (Å²) in [5.41, 5.74) is 1.32. The Kier molecular flexibility index (Phi) is 5.38. The van der Waals surface area contributed by atoms with Crippen LogP contribution >= 0.6 is 0 Å². The van der Waals surface area contributed by atoms with Gasteiger partial charge in [0.1, 0.15) is 0 Å². The second-order valence-corrected chi connectivity index (χ2v) is 3.39. The minimum Gasteiger partial charge on any atom is -0.100 e. The topological polar surface area (TPSA) is 0 Å². The fourth-order valence-electron chi connectivity index (χ4n) is 1.13. The molecular weight excluding hydrogens is 120 g/mol. The molecule has 0 radical (unpaired) electrons. The molecule has 0 rings (SSSR count). The Morgan fingerprint density at radius 3 is 2.40 bits per heavy atom. The van der Waals surface area contributed by atoms with Crippen molar-refractivity contribution in [3.63, 3.8) is 0 Å². The van der Waals surface area contributed by atoms with Crippen molar-refractivity contribution in [2.75, 3.05) is 0 Å². The molecule has 0 aromatic carbocycles. The van der Waals surface area contributed by atoms with Gasteiger partial charge in [0.2, 0.25) is 0 Å². The Balaban J connectivity index is 3.21. The summed E-state index contributed by atoms with van der Waals surface area (Å²) >= 11 is 0. The van der Waals surface area contributed by atoms with Crippen molar-refractivity contribution in [2.24, 2.45) is 5.92 Å². The van der Waals surface area contributed by atoms with Crippen molar-refractivity contribution in [1.82, 2.24) is 0 Å². The largest absolute Gasteiger partial charge is 0.100 e. The summed E-state index contributed by atoms with van der Waals surface area (Å²) in [5.74, 6) is 0.890. The third-order valence-corrected chi connectivity index (χ3v) is 1.85. The molecule has 1 unspecified atom stereocenters. The van der Waals surface area contributed by atoms with Gasteiger partial charge >= 0.3 is 0 Å². The van der Waals surface area contributed by atoms with Crippen LogP contribution in [0.4, 0.5) is 0 Å². The van der Waals surface area contributed by atoms with Gasteiger partial charge in [0.15, 0.2) is 0 Å². The maximum Gasteiger partial charge on any atom is -0.0323 e. The van der Waals surface area contributed by atoms with Gasteiger partial charge in [-0.25, -0.2) is 0 Å². The lowest BCUT2D eigenvalue weighted by molar-refractivity contribution is 0.486. The Morgan fingerprint density at radius 2 is 2.00 bits per heavy atom. The maximum absolute atomic E-state index is 3.89. The Bertz CT molecular complexity index is 92.2. The zero-order valence-corrected chi connectivity index (χ0v) is 7.61. The maximum atomic E-state index is 3.89. The van der Waals surface area contributed by atoms with Crippen LogP contribution < -0.4 is 0 Å². The number of rotatable bonds is 5. The summed E-state index contributed by atoms with van der Waals surface area (Å²) in [4.78, 5) is 0. The van der Waals surface area contributed by atoms with Crippen LogP contribution in [0.15, 0.2) is 12.2 Å². The molecule has 0 aliphatic carbocycles. The molecule has 1 atom stereocenters. The van der Waals surface area contributed by atoms with E-state index in [1.807, 2.05) is 0 Å². The molecule has 0 spiro atoms. The first kappa shape index (κ1) is 9.74. The normalized spacial score (nSPS) is 13.1. The third-order valence-electron chi connectivity index (χ3n) is 1.85. The van der Waals surface area contributed by atoms with E-state index in [2.05, 4.69) is 27.4 Å². The van der Waals surface area contributed by atoms with E-state index in [-0.39, 0.29) is 0 Å². The van der Waals surface area contributed by atoms with E-state index in [4.69, 9.17) is 0 Å². The van der Waals surface area contributed by atoms with Crippen LogP contribution in [-0.2, 0) is 0 Å². The number of hydrogen-bond donors (Lipinski definition) is 0. The summed E-state index contributed by atoms with van der Waals surface area (Å²) in [6.45, 7) is 10.6. The van der Waals surface area contributed by atoms with E-state index in [0.717, 1.165) is 5.92 Å². The van der Waals surface area contributed by atoms with E-state index in [1.54, 1.807) is 0 Å². The third kappa shape index (κ3) is 5.87. The van der Waals surface area contributed by atoms with Crippen LogP contribution in [0.1, 0.15) is 46.5 Å². The molecule has 0 heterocycles. The van der Waals surface area contributed by atoms with Crippen LogP contribution in [-0.4, -0.2) is 0 Å². The van der Waals surface area contributed by atoms with E-state index in [0.29, 0.717) is 0 Å². The van der Waals surface area contributed by atoms with Gasteiger partial charge in [-0.2, -0.15) is 0 Å². The summed E-state index contributed by atoms with van der Waals surface area (Å²) < 4.78 is 0. The average molecular weight is 140 g/mol. The SMILES string of the molecule is C=C(C)CCC(C)CCC. The van der Waals surface area contributed by atoms with Gasteiger partial charge in [-0.05, 0) is 25.7 Å². The Labute approximate surface area is 65.3 Å². The van der Waals surface area contributed by atoms with E-state index in [1.165, 1.54) is 31.3 Å². The standard InChI is InChI=1S/C10H20/c1-5-6-10(4)8-7-9(2)3/h10H,2,5-8H2,1,3-4H3. The zero-order chi connectivity index (χ0) is 7.98. The van der Waals surface area contributed by atoms with Gasteiger partial charge in [0.25, 0.3) is 0 Å². The van der Waals surface area contributed by atoms with Crippen molar-refractivity contribution >= 4 is 0 Å². The highest BCUT2D eigenvalue weighted by Crippen LogP contribution is 2.14. The highest BCUT2D eigenvalue weighted by Gasteiger charge is 1.98. The number of hydrogen-bond acceptors (Lipinski definition) is 0. The highest BCUT2D eigenvalue weighted by atomic mass is 14.0. The van der Waals surface area contributed by atoms with E-state index in [9.17, 15) is 0 Å². The molecule has 0 nitrogen and oxygen atoms in total. The van der Waals surface area contributed by atoms with Crippen LogP contribution in [0.2, 0.25) is 0 Å². The molecule has 0 aliphatic rings. The molecule has 0 saturated heterocycles. The molecule has 0 aromatic rings. The lowest BCUT2D eigenvalue weighted by Gasteiger charge is -2.08. The first-order chi connectivity index (χ1) is 4.66. The zero-order valence-electron chi connectivity index (χ0n) is 7.61. The highest BCUT2D eigenvalue weighted by molar-refractivity contribution is 4.87. The van der Waals surface area contributed by atoms with Crippen molar-refractivity contribution < 1.29 is 0 Å². The fourth-order valence-corrected chi connectivity index (χ4v) is 1.13. The van der Waals surface area contributed by atoms with Gasteiger partial charge in [-0.15, -0.1) is 6.58 Å². The molecule has 0 aromatic heterocycles. The van der Waals surface area contributed by atoms with Gasteiger partial charge in [0.05, 0.1) is 0 Å². The lowest BCUT2D eigenvalue weighted by atomic mass is 9.98. The second-order valence-electron chi connectivity index (χ2n) is 3.39. The summed E-state index contributed by atoms with van der Waals surface area (Å²) in [6, 6.07) is 0. The quantitative estimate of drug-likeness (QED) is 0.510. The van der Waals surface area contributed by atoms with Crippen LogP contribution in [0.5, 0.6) is 0 Å². The van der Waals surface area contributed by atoms with Crippen molar-refractivity contribution in [1.29, 1.82) is 0 Å². The molecule has 0 amide bonds. The van der Waals surface area contributed by atoms with Crippen molar-refractivity contribution in [2.45, 2.75) is 46.5 Å². The first-order valence-corrected chi connectivity index (χ1v) is 4.31. The molecule has 0 heteroatoms. The predicted octanol–water partition coefficient (Wildman–Crippen LogP) is 3.78. The molecular formula is C10H20. The molecule has 0 N–H and O–H groups in total. The molecule has 60 valence electrons. The minimum absolute atomic E-state index is 0.890. The first-order valence-electron chi connectivity index (χ1n) is 4.31. The second kappa shape index (κ2) is 5.52. The summed E-state index contributed by atoms with van der Waals surface area (Å²) in [5, 5.41) is 0. The molecule has 0 fully saturated rings. The van der Waals surface area contributed by atoms with Gasteiger partial charge in [-0.3, -0.25) is 0 Å². The monoisotopic (exact) mass is 140 g/mol. The van der Waals surface area contributed by atoms with E-state index < -0.39 is 0 Å². The van der Waals surface area contributed by atoms with Crippen LogP contribution in [0.25, 0.3) is 0 Å². The van der Waals surface area contributed by atoms with Crippen molar-refractivity contribution in [3.05, 3.63) is 12.2 Å². The van der Waals surface area contributed by atoms with Gasteiger partial charge in [0, 0.05) is 0 Å². The number of allylic oxidation sites excluding steroid dienone is 1. The average Bonchev–Trinajstić information content (AvgIpc) is 1.85. The minimum atomic E-state index is 0.890. The molecule has 0 saturated carbocycles. The summed E-state index contributed by atoms with van der Waals surface area (Å²) in [7, 11) is 0. The Hall–Kier alpha value is -0.260. The molecule has 0 bridgehead atoms. The van der Waals surface area contributed by atoms with Crippen LogP contribution in [0.3, 0.4) is 0 Å². The van der Waals surface area contributed by atoms with Gasteiger partial charge in [-0.1, -0.05) is 32.3 Å². The summed E-state index contributed by atoms with van der Waals surface area (Å²) in [6.07, 6.45) is 5.22. The van der Waals surface area contributed by atoms with Crippen LogP contribution in [0, 0.1) is 5.92 Å². The van der Waals surface area contributed by atoms with Gasteiger partial charge < -0.3 is 0 Å².